The maximum Gasteiger partial charge on any atom is 0.257 e. The number of aromatic nitrogens is 1. The molecule has 1 aromatic heterocycles. The zero-order valence-electron chi connectivity index (χ0n) is 14.2. The van der Waals surface area contributed by atoms with Crippen LogP contribution >= 0.6 is 23.2 Å². The van der Waals surface area contributed by atoms with Gasteiger partial charge in [0.15, 0.2) is 0 Å². The molecule has 3 N–H and O–H groups in total. The van der Waals surface area contributed by atoms with Crippen molar-refractivity contribution in [1.29, 1.82) is 0 Å². The number of carbonyl (C=O) groups excluding carboxylic acids is 1. The van der Waals surface area contributed by atoms with E-state index < -0.39 is 11.7 Å². The highest BCUT2D eigenvalue weighted by atomic mass is 35.5. The van der Waals surface area contributed by atoms with E-state index in [0.717, 1.165) is 6.07 Å². The molecule has 0 atom stereocenters. The fourth-order valence-corrected chi connectivity index (χ4v) is 2.58. The van der Waals surface area contributed by atoms with Crippen LogP contribution in [0.15, 0.2) is 70.6 Å². The third-order valence-corrected chi connectivity index (χ3v) is 3.94. The summed E-state index contributed by atoms with van der Waals surface area (Å²) in [5.41, 5.74) is 0.693. The van der Waals surface area contributed by atoms with Gasteiger partial charge in [0.2, 0.25) is 11.5 Å². The van der Waals surface area contributed by atoms with E-state index in [2.05, 4.69) is 20.6 Å². The summed E-state index contributed by atoms with van der Waals surface area (Å²) in [6, 6.07) is 12.8. The maximum absolute atomic E-state index is 13.6. The monoisotopic (exact) mass is 418 g/mol. The van der Waals surface area contributed by atoms with E-state index in [9.17, 15) is 14.0 Å². The Balaban J connectivity index is 1.91. The van der Waals surface area contributed by atoms with Crippen LogP contribution in [0.25, 0.3) is 0 Å². The zero-order chi connectivity index (χ0) is 20.1. The number of amides is 1. The number of nitrogens with one attached hydrogen (secondary N) is 3. The normalized spacial score (nSPS) is 11.2. The molecule has 0 aliphatic carbocycles. The van der Waals surface area contributed by atoms with Crippen molar-refractivity contribution in [2.24, 2.45) is 4.99 Å². The molecule has 1 heterocycles. The number of aromatic amines is 1. The lowest BCUT2D eigenvalue weighted by Gasteiger charge is -2.12. The van der Waals surface area contributed by atoms with E-state index in [1.165, 1.54) is 30.5 Å². The number of anilines is 1. The third kappa shape index (κ3) is 5.42. The molecule has 0 aliphatic rings. The SMILES string of the molecule is O=C(NC(=Nc1ccc(=O)[nH]c1)Nc1cc(F)cc(Cl)c1)c1ccc(Cl)cc1. The van der Waals surface area contributed by atoms with Crippen LogP contribution in [0.1, 0.15) is 10.4 Å². The summed E-state index contributed by atoms with van der Waals surface area (Å²) in [5.74, 6) is -1.01. The molecule has 0 saturated heterocycles. The molecule has 3 rings (SSSR count). The van der Waals surface area contributed by atoms with Crippen LogP contribution in [0, 0.1) is 5.82 Å². The van der Waals surface area contributed by atoms with E-state index in [4.69, 9.17) is 23.2 Å². The Hall–Kier alpha value is -3.16. The van der Waals surface area contributed by atoms with Crippen LogP contribution in [0.5, 0.6) is 0 Å². The van der Waals surface area contributed by atoms with Crippen molar-refractivity contribution in [3.05, 3.63) is 92.6 Å². The summed E-state index contributed by atoms with van der Waals surface area (Å²) in [6.07, 6.45) is 1.37. The molecule has 28 heavy (non-hydrogen) atoms. The van der Waals surface area contributed by atoms with E-state index >= 15 is 0 Å². The molecule has 9 heteroatoms. The number of carbonyl (C=O) groups is 1. The summed E-state index contributed by atoms with van der Waals surface area (Å²) in [6.45, 7) is 0. The summed E-state index contributed by atoms with van der Waals surface area (Å²) >= 11 is 11.7. The number of guanidine groups is 1. The summed E-state index contributed by atoms with van der Waals surface area (Å²) in [5, 5.41) is 6.08. The fourth-order valence-electron chi connectivity index (χ4n) is 2.23. The molecule has 0 fully saturated rings. The molecule has 142 valence electrons. The average Bonchev–Trinajstić information content (AvgIpc) is 2.63. The van der Waals surface area contributed by atoms with E-state index in [0.29, 0.717) is 16.3 Å². The Morgan fingerprint density at radius 3 is 2.39 bits per heavy atom. The second-order valence-corrected chi connectivity index (χ2v) is 6.49. The zero-order valence-corrected chi connectivity index (χ0v) is 15.7. The molecule has 3 aromatic rings. The molecule has 1 amide bonds. The molecule has 0 spiro atoms. The van der Waals surface area contributed by atoms with Gasteiger partial charge in [-0.3, -0.25) is 14.9 Å². The molecule has 2 aromatic carbocycles. The minimum absolute atomic E-state index is 0.00802. The molecule has 0 saturated carbocycles. The van der Waals surface area contributed by atoms with Crippen molar-refractivity contribution >= 4 is 46.4 Å². The Morgan fingerprint density at radius 1 is 1.00 bits per heavy atom. The van der Waals surface area contributed by atoms with Gasteiger partial charge in [-0.2, -0.15) is 0 Å². The van der Waals surface area contributed by atoms with Crippen molar-refractivity contribution in [3.63, 3.8) is 0 Å². The molecule has 6 nitrogen and oxygen atoms in total. The van der Waals surface area contributed by atoms with Crippen LogP contribution in [0.4, 0.5) is 15.8 Å². The van der Waals surface area contributed by atoms with Crippen LogP contribution in [-0.4, -0.2) is 16.9 Å². The van der Waals surface area contributed by atoms with E-state index in [1.807, 2.05) is 0 Å². The van der Waals surface area contributed by atoms with E-state index in [-0.39, 0.29) is 22.2 Å². The first kappa shape index (κ1) is 19.6. The van der Waals surface area contributed by atoms with Gasteiger partial charge in [-0.25, -0.2) is 9.38 Å². The number of aliphatic imine (C=N–C) groups is 1. The summed E-state index contributed by atoms with van der Waals surface area (Å²) in [4.78, 5) is 30.4. The molecule has 0 bridgehead atoms. The number of nitrogens with zero attached hydrogens (tertiary/aromatic N) is 1. The standard InChI is InChI=1S/C19H13Cl2FN4O2/c20-12-3-1-11(2-4-12)18(28)26-19(24-15-5-6-17(27)23-10-15)25-16-8-13(21)7-14(22)9-16/h1-10H,(H,23,27)(H2,24,25,26,28). The maximum atomic E-state index is 13.6. The van der Waals surface area contributed by atoms with Crippen molar-refractivity contribution in [1.82, 2.24) is 10.3 Å². The predicted molar refractivity (Wildman–Crippen MR) is 108 cm³/mol. The molecule has 0 aliphatic heterocycles. The summed E-state index contributed by atoms with van der Waals surface area (Å²) < 4.78 is 13.6. The Morgan fingerprint density at radius 2 is 1.75 bits per heavy atom. The topological polar surface area (TPSA) is 86.3 Å². The number of hydrogen-bond donors (Lipinski definition) is 3. The first-order valence-electron chi connectivity index (χ1n) is 7.96. The highest BCUT2D eigenvalue weighted by Crippen LogP contribution is 2.18. The predicted octanol–water partition coefficient (Wildman–Crippen LogP) is 4.35. The highest BCUT2D eigenvalue weighted by Gasteiger charge is 2.11. The lowest BCUT2D eigenvalue weighted by Crippen LogP contribution is -2.35. The van der Waals surface area contributed by atoms with Gasteiger partial charge < -0.3 is 10.3 Å². The molecular weight excluding hydrogens is 406 g/mol. The third-order valence-electron chi connectivity index (χ3n) is 3.47. The van der Waals surface area contributed by atoms with Crippen molar-refractivity contribution in [3.8, 4) is 0 Å². The summed E-state index contributed by atoms with van der Waals surface area (Å²) in [7, 11) is 0. The first-order chi connectivity index (χ1) is 13.4. The first-order valence-corrected chi connectivity index (χ1v) is 8.72. The van der Waals surface area contributed by atoms with Gasteiger partial charge in [-0.1, -0.05) is 23.2 Å². The van der Waals surface area contributed by atoms with Gasteiger partial charge >= 0.3 is 0 Å². The van der Waals surface area contributed by atoms with Crippen LogP contribution in [0.2, 0.25) is 10.0 Å². The van der Waals surface area contributed by atoms with Crippen molar-refractivity contribution in [2.75, 3.05) is 5.32 Å². The number of hydrogen-bond acceptors (Lipinski definition) is 3. The fraction of sp³-hybridized carbons (Fsp3) is 0. The number of pyridine rings is 1. The van der Waals surface area contributed by atoms with Gasteiger partial charge in [0, 0.05) is 33.6 Å². The number of halogens is 3. The number of rotatable bonds is 3. The van der Waals surface area contributed by atoms with Crippen LogP contribution in [0.3, 0.4) is 0 Å². The van der Waals surface area contributed by atoms with Crippen LogP contribution in [-0.2, 0) is 0 Å². The van der Waals surface area contributed by atoms with Gasteiger partial charge in [0.1, 0.15) is 5.82 Å². The molecule has 0 radical (unpaired) electrons. The number of benzene rings is 2. The minimum atomic E-state index is -0.553. The van der Waals surface area contributed by atoms with Crippen molar-refractivity contribution < 1.29 is 9.18 Å². The Bertz CT molecular complexity index is 1060. The highest BCUT2D eigenvalue weighted by molar-refractivity contribution is 6.31. The van der Waals surface area contributed by atoms with Gasteiger partial charge in [0.05, 0.1) is 5.69 Å². The van der Waals surface area contributed by atoms with Crippen LogP contribution < -0.4 is 16.2 Å². The quantitative estimate of drug-likeness (QED) is 0.436. The Labute approximate surface area is 169 Å². The Kier molecular flexibility index (Phi) is 6.08. The van der Waals surface area contributed by atoms with Gasteiger partial charge in [0.25, 0.3) is 5.91 Å². The lowest BCUT2D eigenvalue weighted by atomic mass is 10.2. The average molecular weight is 419 g/mol. The van der Waals surface area contributed by atoms with Gasteiger partial charge in [-0.15, -0.1) is 0 Å². The second kappa shape index (κ2) is 8.69. The largest absolute Gasteiger partial charge is 0.327 e. The number of H-pyrrole nitrogens is 1. The molecule has 0 unspecified atom stereocenters. The van der Waals surface area contributed by atoms with E-state index in [1.54, 1.807) is 24.3 Å². The van der Waals surface area contributed by atoms with Crippen molar-refractivity contribution in [2.45, 2.75) is 0 Å². The minimum Gasteiger partial charge on any atom is -0.327 e. The molecular formula is C19H13Cl2FN4O2. The van der Waals surface area contributed by atoms with Gasteiger partial charge in [-0.05, 0) is 48.5 Å². The lowest BCUT2D eigenvalue weighted by molar-refractivity contribution is 0.0977. The smallest absolute Gasteiger partial charge is 0.257 e. The second-order valence-electron chi connectivity index (χ2n) is 5.62.